The van der Waals surface area contributed by atoms with E-state index < -0.39 is 0 Å². The maximum atomic E-state index is 6.06. The molecule has 1 aliphatic heterocycles. The summed E-state index contributed by atoms with van der Waals surface area (Å²) in [6.07, 6.45) is 3.99. The van der Waals surface area contributed by atoms with Crippen molar-refractivity contribution in [3.63, 3.8) is 0 Å². The van der Waals surface area contributed by atoms with Gasteiger partial charge in [0, 0.05) is 12.5 Å². The number of rotatable bonds is 6. The minimum Gasteiger partial charge on any atom is -0.350 e. The smallest absolute Gasteiger partial charge is 0.159 e. The standard InChI is InChI=1S/C14H21NO2/c15-13(11-14-16-9-10-17-14)8-4-7-12-5-2-1-3-6-12/h1-3,5-6,13-14H,4,7-11,15H2. The SMILES string of the molecule is NC(CCCc1ccccc1)CC1OCCO1. The van der Waals surface area contributed by atoms with Gasteiger partial charge in [0.05, 0.1) is 13.2 Å². The Balaban J connectivity index is 1.61. The number of aryl methyl sites for hydroxylation is 1. The predicted octanol–water partition coefficient (Wildman–Crippen LogP) is 2.10. The van der Waals surface area contributed by atoms with E-state index >= 15 is 0 Å². The number of hydrogen-bond donors (Lipinski definition) is 1. The Bertz CT molecular complexity index is 309. The molecule has 1 unspecified atom stereocenters. The summed E-state index contributed by atoms with van der Waals surface area (Å²) in [6.45, 7) is 1.42. The molecule has 1 fully saturated rings. The van der Waals surface area contributed by atoms with Crippen molar-refractivity contribution in [2.24, 2.45) is 5.73 Å². The third-order valence-corrected chi connectivity index (χ3v) is 3.07. The fourth-order valence-corrected chi connectivity index (χ4v) is 2.12. The molecular weight excluding hydrogens is 214 g/mol. The summed E-state index contributed by atoms with van der Waals surface area (Å²) in [4.78, 5) is 0. The van der Waals surface area contributed by atoms with Crippen molar-refractivity contribution >= 4 is 0 Å². The van der Waals surface area contributed by atoms with E-state index in [1.807, 2.05) is 6.07 Å². The van der Waals surface area contributed by atoms with E-state index in [2.05, 4.69) is 24.3 Å². The third-order valence-electron chi connectivity index (χ3n) is 3.07. The fraction of sp³-hybridized carbons (Fsp3) is 0.571. The highest BCUT2D eigenvalue weighted by atomic mass is 16.7. The lowest BCUT2D eigenvalue weighted by Gasteiger charge is -2.15. The molecule has 0 aromatic heterocycles. The van der Waals surface area contributed by atoms with Gasteiger partial charge < -0.3 is 15.2 Å². The molecule has 1 aromatic rings. The van der Waals surface area contributed by atoms with E-state index in [1.54, 1.807) is 0 Å². The first-order valence-electron chi connectivity index (χ1n) is 6.37. The van der Waals surface area contributed by atoms with Crippen LogP contribution in [0.15, 0.2) is 30.3 Å². The molecule has 1 heterocycles. The van der Waals surface area contributed by atoms with Crippen LogP contribution in [0.2, 0.25) is 0 Å². The highest BCUT2D eigenvalue weighted by molar-refractivity contribution is 5.14. The minimum absolute atomic E-state index is 0.0678. The summed E-state index contributed by atoms with van der Waals surface area (Å²) >= 11 is 0. The first kappa shape index (κ1) is 12.6. The van der Waals surface area contributed by atoms with Crippen LogP contribution >= 0.6 is 0 Å². The number of hydrogen-bond acceptors (Lipinski definition) is 3. The first-order chi connectivity index (χ1) is 8.34. The van der Waals surface area contributed by atoms with Crippen LogP contribution in [0.5, 0.6) is 0 Å². The molecule has 2 N–H and O–H groups in total. The molecule has 1 aliphatic rings. The van der Waals surface area contributed by atoms with Crippen molar-refractivity contribution < 1.29 is 9.47 Å². The molecular formula is C14H21NO2. The molecule has 94 valence electrons. The Morgan fingerprint density at radius 1 is 1.18 bits per heavy atom. The monoisotopic (exact) mass is 235 g/mol. The molecule has 3 nitrogen and oxygen atoms in total. The van der Waals surface area contributed by atoms with Gasteiger partial charge in [0.25, 0.3) is 0 Å². The van der Waals surface area contributed by atoms with Gasteiger partial charge in [-0.1, -0.05) is 30.3 Å². The summed E-state index contributed by atoms with van der Waals surface area (Å²) < 4.78 is 10.8. The van der Waals surface area contributed by atoms with Gasteiger partial charge in [0.1, 0.15) is 0 Å². The van der Waals surface area contributed by atoms with Gasteiger partial charge in [-0.3, -0.25) is 0 Å². The van der Waals surface area contributed by atoms with Crippen LogP contribution in [-0.4, -0.2) is 25.5 Å². The van der Waals surface area contributed by atoms with Crippen molar-refractivity contribution in [2.45, 2.75) is 38.0 Å². The molecule has 2 rings (SSSR count). The molecule has 0 saturated carbocycles. The largest absolute Gasteiger partial charge is 0.350 e. The number of benzene rings is 1. The minimum atomic E-state index is -0.0678. The van der Waals surface area contributed by atoms with Crippen LogP contribution < -0.4 is 5.73 Å². The lowest BCUT2D eigenvalue weighted by atomic mass is 10.0. The van der Waals surface area contributed by atoms with Gasteiger partial charge >= 0.3 is 0 Å². The molecule has 0 radical (unpaired) electrons. The van der Waals surface area contributed by atoms with E-state index in [-0.39, 0.29) is 12.3 Å². The van der Waals surface area contributed by atoms with Gasteiger partial charge in [0.2, 0.25) is 0 Å². The Morgan fingerprint density at radius 3 is 2.59 bits per heavy atom. The van der Waals surface area contributed by atoms with Crippen molar-refractivity contribution in [3.8, 4) is 0 Å². The Hall–Kier alpha value is -0.900. The summed E-state index contributed by atoms with van der Waals surface area (Å²) in [7, 11) is 0. The fourth-order valence-electron chi connectivity index (χ4n) is 2.12. The van der Waals surface area contributed by atoms with Gasteiger partial charge in [-0.05, 0) is 24.8 Å². The van der Waals surface area contributed by atoms with Crippen LogP contribution in [0.1, 0.15) is 24.8 Å². The maximum absolute atomic E-state index is 6.06. The number of ether oxygens (including phenoxy) is 2. The molecule has 1 saturated heterocycles. The van der Waals surface area contributed by atoms with Gasteiger partial charge in [-0.15, -0.1) is 0 Å². The van der Waals surface area contributed by atoms with E-state index in [0.29, 0.717) is 13.2 Å². The molecule has 0 bridgehead atoms. The molecule has 17 heavy (non-hydrogen) atoms. The molecule has 3 heteroatoms. The van der Waals surface area contributed by atoms with Crippen molar-refractivity contribution in [2.75, 3.05) is 13.2 Å². The van der Waals surface area contributed by atoms with Crippen LogP contribution in [0.4, 0.5) is 0 Å². The second kappa shape index (κ2) is 6.74. The number of nitrogens with two attached hydrogens (primary N) is 1. The lowest BCUT2D eigenvalue weighted by Crippen LogP contribution is -2.26. The van der Waals surface area contributed by atoms with Gasteiger partial charge in [-0.2, -0.15) is 0 Å². The normalized spacial score (nSPS) is 18.4. The second-order valence-electron chi connectivity index (χ2n) is 4.54. The zero-order chi connectivity index (χ0) is 11.9. The zero-order valence-corrected chi connectivity index (χ0v) is 10.2. The predicted molar refractivity (Wildman–Crippen MR) is 67.7 cm³/mol. The van der Waals surface area contributed by atoms with Crippen LogP contribution in [0.3, 0.4) is 0 Å². The van der Waals surface area contributed by atoms with E-state index in [0.717, 1.165) is 25.7 Å². The van der Waals surface area contributed by atoms with E-state index in [1.165, 1.54) is 5.56 Å². The maximum Gasteiger partial charge on any atom is 0.159 e. The Kier molecular flexibility index (Phi) is 4.98. The Morgan fingerprint density at radius 2 is 1.88 bits per heavy atom. The van der Waals surface area contributed by atoms with Crippen LogP contribution in [0, 0.1) is 0 Å². The average molecular weight is 235 g/mol. The summed E-state index contributed by atoms with van der Waals surface area (Å²) in [5.41, 5.74) is 7.44. The van der Waals surface area contributed by atoms with Crippen molar-refractivity contribution in [1.82, 2.24) is 0 Å². The van der Waals surface area contributed by atoms with Crippen LogP contribution in [0.25, 0.3) is 0 Å². The first-order valence-corrected chi connectivity index (χ1v) is 6.37. The van der Waals surface area contributed by atoms with E-state index in [9.17, 15) is 0 Å². The molecule has 0 amide bonds. The molecule has 0 spiro atoms. The topological polar surface area (TPSA) is 44.5 Å². The summed E-state index contributed by atoms with van der Waals surface area (Å²) in [5.74, 6) is 0. The van der Waals surface area contributed by atoms with Gasteiger partial charge in [0.15, 0.2) is 6.29 Å². The lowest BCUT2D eigenvalue weighted by molar-refractivity contribution is -0.0509. The molecule has 1 aromatic carbocycles. The average Bonchev–Trinajstić information content (AvgIpc) is 2.83. The van der Waals surface area contributed by atoms with Crippen molar-refractivity contribution in [1.29, 1.82) is 0 Å². The summed E-state index contributed by atoms with van der Waals surface area (Å²) in [5, 5.41) is 0. The highest BCUT2D eigenvalue weighted by Gasteiger charge is 2.18. The zero-order valence-electron chi connectivity index (χ0n) is 10.2. The van der Waals surface area contributed by atoms with E-state index in [4.69, 9.17) is 15.2 Å². The quantitative estimate of drug-likeness (QED) is 0.821. The van der Waals surface area contributed by atoms with Crippen LogP contribution in [-0.2, 0) is 15.9 Å². The summed E-state index contributed by atoms with van der Waals surface area (Å²) in [6, 6.07) is 10.7. The third kappa shape index (κ3) is 4.46. The second-order valence-corrected chi connectivity index (χ2v) is 4.54. The Labute approximate surface area is 103 Å². The van der Waals surface area contributed by atoms with Crippen molar-refractivity contribution in [3.05, 3.63) is 35.9 Å². The highest BCUT2D eigenvalue weighted by Crippen LogP contribution is 2.13. The van der Waals surface area contributed by atoms with Gasteiger partial charge in [-0.25, -0.2) is 0 Å². The molecule has 0 aliphatic carbocycles. The molecule has 1 atom stereocenters.